The number of amides is 2. The molecule has 128 valence electrons. The molecule has 2 amide bonds. The molecule has 1 aromatic rings. The van der Waals surface area contributed by atoms with Crippen molar-refractivity contribution in [2.24, 2.45) is 0 Å². The Hall–Kier alpha value is -1.83. The van der Waals surface area contributed by atoms with Gasteiger partial charge in [0.25, 0.3) is 6.43 Å². The summed E-state index contributed by atoms with van der Waals surface area (Å²) < 4.78 is 50.7. The quantitative estimate of drug-likeness (QED) is 0.860. The van der Waals surface area contributed by atoms with Gasteiger partial charge in [0, 0.05) is 26.2 Å². The van der Waals surface area contributed by atoms with Gasteiger partial charge in [-0.2, -0.15) is 0 Å². The minimum atomic E-state index is -2.39. The third kappa shape index (κ3) is 4.82. The Labute approximate surface area is 132 Å². The van der Waals surface area contributed by atoms with Crippen molar-refractivity contribution < 1.29 is 22.4 Å². The monoisotopic (exact) mass is 333 g/mol. The van der Waals surface area contributed by atoms with Crippen LogP contribution in [0.5, 0.6) is 0 Å². The van der Waals surface area contributed by atoms with E-state index in [1.165, 1.54) is 11.0 Å². The van der Waals surface area contributed by atoms with E-state index in [2.05, 4.69) is 5.32 Å². The maximum absolute atomic E-state index is 13.2. The predicted octanol–water partition coefficient (Wildman–Crippen LogP) is 2.62. The Bertz CT molecular complexity index is 548. The van der Waals surface area contributed by atoms with Gasteiger partial charge in [0.2, 0.25) is 0 Å². The first kappa shape index (κ1) is 17.5. The van der Waals surface area contributed by atoms with E-state index in [0.717, 1.165) is 12.1 Å². The lowest BCUT2D eigenvalue weighted by molar-refractivity contribution is 0.0633. The molecule has 1 atom stereocenters. The first-order chi connectivity index (χ1) is 10.9. The van der Waals surface area contributed by atoms with E-state index in [0.29, 0.717) is 31.7 Å². The number of carbonyl (C=O) groups is 1. The lowest BCUT2D eigenvalue weighted by Crippen LogP contribution is -2.52. The third-order valence-corrected chi connectivity index (χ3v) is 3.84. The maximum Gasteiger partial charge on any atom is 0.317 e. The number of urea groups is 1. The van der Waals surface area contributed by atoms with Gasteiger partial charge in [0.15, 0.2) is 11.6 Å². The largest absolute Gasteiger partial charge is 0.331 e. The maximum atomic E-state index is 13.2. The summed E-state index contributed by atoms with van der Waals surface area (Å²) in [6.45, 7) is 2.85. The fraction of sp³-hybridized carbons (Fsp3) is 0.533. The number of benzene rings is 1. The standard InChI is InChI=1S/C15H19F4N3O/c1-10(11-2-3-12(16)13(17)8-11)20-15(23)22-6-4-21(5-7-22)9-14(18)19/h2-3,8,10,14H,4-7,9H2,1H3,(H,20,23). The van der Waals surface area contributed by atoms with Crippen molar-refractivity contribution in [2.45, 2.75) is 19.4 Å². The number of alkyl halides is 2. The topological polar surface area (TPSA) is 35.6 Å². The molecular formula is C15H19F4N3O. The number of nitrogens with one attached hydrogen (secondary N) is 1. The first-order valence-corrected chi connectivity index (χ1v) is 7.37. The molecule has 0 bridgehead atoms. The molecule has 8 heteroatoms. The van der Waals surface area contributed by atoms with Crippen LogP contribution in [0.15, 0.2) is 18.2 Å². The van der Waals surface area contributed by atoms with Crippen LogP contribution in [0.3, 0.4) is 0 Å². The Morgan fingerprint density at radius 2 is 1.83 bits per heavy atom. The first-order valence-electron chi connectivity index (χ1n) is 7.37. The van der Waals surface area contributed by atoms with E-state index in [9.17, 15) is 22.4 Å². The molecule has 0 saturated carbocycles. The molecule has 1 saturated heterocycles. The SMILES string of the molecule is CC(NC(=O)N1CCN(CC(F)F)CC1)c1ccc(F)c(F)c1. The number of nitrogens with zero attached hydrogens (tertiary/aromatic N) is 2. The van der Waals surface area contributed by atoms with Crippen LogP contribution >= 0.6 is 0 Å². The van der Waals surface area contributed by atoms with Crippen LogP contribution in [-0.4, -0.2) is 55.0 Å². The van der Waals surface area contributed by atoms with Crippen molar-refractivity contribution >= 4 is 6.03 Å². The van der Waals surface area contributed by atoms with Gasteiger partial charge >= 0.3 is 6.03 Å². The van der Waals surface area contributed by atoms with E-state index < -0.39 is 24.1 Å². The van der Waals surface area contributed by atoms with Crippen molar-refractivity contribution in [1.29, 1.82) is 0 Å². The van der Waals surface area contributed by atoms with Gasteiger partial charge in [-0.05, 0) is 24.6 Å². The van der Waals surface area contributed by atoms with Gasteiger partial charge in [0.1, 0.15) is 0 Å². The van der Waals surface area contributed by atoms with Crippen molar-refractivity contribution in [1.82, 2.24) is 15.1 Å². The second-order valence-corrected chi connectivity index (χ2v) is 5.52. The molecule has 0 radical (unpaired) electrons. The zero-order chi connectivity index (χ0) is 17.0. The number of hydrogen-bond acceptors (Lipinski definition) is 2. The highest BCUT2D eigenvalue weighted by Crippen LogP contribution is 2.16. The fourth-order valence-electron chi connectivity index (χ4n) is 2.47. The second kappa shape index (κ2) is 7.63. The minimum Gasteiger partial charge on any atom is -0.331 e. The highest BCUT2D eigenvalue weighted by Gasteiger charge is 2.24. The summed E-state index contributed by atoms with van der Waals surface area (Å²) in [7, 11) is 0. The summed E-state index contributed by atoms with van der Waals surface area (Å²) in [4.78, 5) is 15.3. The van der Waals surface area contributed by atoms with Crippen LogP contribution < -0.4 is 5.32 Å². The molecule has 0 spiro atoms. The molecule has 1 N–H and O–H groups in total. The highest BCUT2D eigenvalue weighted by atomic mass is 19.3. The van der Waals surface area contributed by atoms with E-state index in [-0.39, 0.29) is 12.6 Å². The van der Waals surface area contributed by atoms with Crippen LogP contribution in [0, 0.1) is 11.6 Å². The molecule has 1 aromatic carbocycles. The smallest absolute Gasteiger partial charge is 0.317 e. The molecule has 1 aliphatic rings. The van der Waals surface area contributed by atoms with Crippen molar-refractivity contribution in [2.75, 3.05) is 32.7 Å². The van der Waals surface area contributed by atoms with Gasteiger partial charge in [-0.3, -0.25) is 4.90 Å². The van der Waals surface area contributed by atoms with Gasteiger partial charge in [-0.15, -0.1) is 0 Å². The van der Waals surface area contributed by atoms with E-state index in [1.54, 1.807) is 11.8 Å². The van der Waals surface area contributed by atoms with Gasteiger partial charge in [-0.25, -0.2) is 22.4 Å². The Morgan fingerprint density at radius 3 is 2.39 bits per heavy atom. The molecule has 1 fully saturated rings. The molecule has 1 unspecified atom stereocenters. The average Bonchev–Trinajstić information content (AvgIpc) is 2.50. The van der Waals surface area contributed by atoms with Crippen LogP contribution in [-0.2, 0) is 0 Å². The molecule has 1 heterocycles. The Balaban J connectivity index is 1.86. The summed E-state index contributed by atoms with van der Waals surface area (Å²) in [5, 5.41) is 2.70. The summed E-state index contributed by atoms with van der Waals surface area (Å²) in [5.41, 5.74) is 0.452. The van der Waals surface area contributed by atoms with E-state index >= 15 is 0 Å². The van der Waals surface area contributed by atoms with Crippen molar-refractivity contribution in [3.63, 3.8) is 0 Å². The summed E-state index contributed by atoms with van der Waals surface area (Å²) in [6, 6.07) is 2.62. The molecule has 0 aliphatic carbocycles. The summed E-state index contributed by atoms with van der Waals surface area (Å²) >= 11 is 0. The minimum absolute atomic E-state index is 0.291. The van der Waals surface area contributed by atoms with Crippen LogP contribution in [0.2, 0.25) is 0 Å². The number of halogens is 4. The third-order valence-electron chi connectivity index (χ3n) is 3.84. The zero-order valence-electron chi connectivity index (χ0n) is 12.7. The summed E-state index contributed by atoms with van der Waals surface area (Å²) in [5.74, 6) is -1.91. The Kier molecular flexibility index (Phi) is 5.81. The average molecular weight is 333 g/mol. The fourth-order valence-corrected chi connectivity index (χ4v) is 2.47. The molecular weight excluding hydrogens is 314 g/mol. The van der Waals surface area contributed by atoms with Gasteiger partial charge < -0.3 is 10.2 Å². The van der Waals surface area contributed by atoms with E-state index in [1.807, 2.05) is 0 Å². The Morgan fingerprint density at radius 1 is 1.17 bits per heavy atom. The van der Waals surface area contributed by atoms with E-state index in [4.69, 9.17) is 0 Å². The van der Waals surface area contributed by atoms with Crippen LogP contribution in [0.1, 0.15) is 18.5 Å². The number of rotatable bonds is 4. The predicted molar refractivity (Wildman–Crippen MR) is 77.3 cm³/mol. The zero-order valence-corrected chi connectivity index (χ0v) is 12.7. The molecule has 23 heavy (non-hydrogen) atoms. The number of piperazine rings is 1. The van der Waals surface area contributed by atoms with Gasteiger partial charge in [0.05, 0.1) is 12.6 Å². The number of carbonyl (C=O) groups excluding carboxylic acids is 1. The summed E-state index contributed by atoms with van der Waals surface area (Å²) in [6.07, 6.45) is -2.39. The van der Waals surface area contributed by atoms with Gasteiger partial charge in [-0.1, -0.05) is 6.07 Å². The van der Waals surface area contributed by atoms with Crippen LogP contribution in [0.25, 0.3) is 0 Å². The molecule has 1 aliphatic heterocycles. The van der Waals surface area contributed by atoms with Crippen molar-refractivity contribution in [3.05, 3.63) is 35.4 Å². The van der Waals surface area contributed by atoms with Crippen LogP contribution in [0.4, 0.5) is 22.4 Å². The molecule has 4 nitrogen and oxygen atoms in total. The van der Waals surface area contributed by atoms with Crippen molar-refractivity contribution in [3.8, 4) is 0 Å². The number of hydrogen-bond donors (Lipinski definition) is 1. The lowest BCUT2D eigenvalue weighted by atomic mass is 10.1. The molecule has 2 rings (SSSR count). The lowest BCUT2D eigenvalue weighted by Gasteiger charge is -2.35. The normalized spacial score (nSPS) is 17.4. The second-order valence-electron chi connectivity index (χ2n) is 5.52. The highest BCUT2D eigenvalue weighted by molar-refractivity contribution is 5.74. The molecule has 0 aromatic heterocycles.